The van der Waals surface area contributed by atoms with Gasteiger partial charge in [0.25, 0.3) is 0 Å². The molecule has 1 aromatic rings. The Morgan fingerprint density at radius 1 is 1.23 bits per heavy atom. The number of nitrogens with two attached hydrogens (primary N) is 1. The molecule has 31 heavy (non-hydrogen) atoms. The summed E-state index contributed by atoms with van der Waals surface area (Å²) < 4.78 is 13.1. The van der Waals surface area contributed by atoms with E-state index in [1.165, 1.54) is 12.1 Å². The third kappa shape index (κ3) is 7.33. The summed E-state index contributed by atoms with van der Waals surface area (Å²) in [6.07, 6.45) is 5.63. The van der Waals surface area contributed by atoms with Gasteiger partial charge < -0.3 is 21.3 Å². The lowest BCUT2D eigenvalue weighted by Gasteiger charge is -2.22. The van der Waals surface area contributed by atoms with Crippen LogP contribution in [0.15, 0.2) is 29.3 Å². The van der Waals surface area contributed by atoms with Gasteiger partial charge in [0.05, 0.1) is 5.92 Å². The fraction of sp³-hybridized carbons (Fsp3) is 0.591. The van der Waals surface area contributed by atoms with Crippen molar-refractivity contribution in [3.63, 3.8) is 0 Å². The van der Waals surface area contributed by atoms with E-state index in [4.69, 9.17) is 5.73 Å². The number of nitrogens with one attached hydrogen (secondary N) is 2. The summed E-state index contributed by atoms with van der Waals surface area (Å²) in [5.41, 5.74) is 6.41. The molecule has 0 aromatic heterocycles. The summed E-state index contributed by atoms with van der Waals surface area (Å²) in [6.45, 7) is 1.76. The van der Waals surface area contributed by atoms with Crippen molar-refractivity contribution in [2.75, 3.05) is 26.7 Å². The van der Waals surface area contributed by atoms with Crippen molar-refractivity contribution < 1.29 is 14.0 Å². The highest BCUT2D eigenvalue weighted by molar-refractivity contribution is 14.0. The van der Waals surface area contributed by atoms with Crippen LogP contribution >= 0.6 is 24.0 Å². The van der Waals surface area contributed by atoms with Crippen LogP contribution in [-0.2, 0) is 16.0 Å². The monoisotopic (exact) mass is 545 g/mol. The molecule has 3 rings (SSSR count). The summed E-state index contributed by atoms with van der Waals surface area (Å²) in [5, 5.41) is 6.52. The van der Waals surface area contributed by atoms with Gasteiger partial charge in [0.15, 0.2) is 5.96 Å². The first-order valence-electron chi connectivity index (χ1n) is 10.8. The van der Waals surface area contributed by atoms with Crippen LogP contribution in [0.1, 0.15) is 37.7 Å². The van der Waals surface area contributed by atoms with Crippen LogP contribution in [0.3, 0.4) is 0 Å². The van der Waals surface area contributed by atoms with Crippen LogP contribution in [0.5, 0.6) is 0 Å². The Morgan fingerprint density at radius 3 is 2.52 bits per heavy atom. The van der Waals surface area contributed by atoms with E-state index in [0.717, 1.165) is 44.2 Å². The average Bonchev–Trinajstić information content (AvgIpc) is 3.43. The van der Waals surface area contributed by atoms with E-state index in [0.29, 0.717) is 25.5 Å². The van der Waals surface area contributed by atoms with Gasteiger partial charge in [-0.05, 0) is 43.4 Å². The molecule has 0 radical (unpaired) electrons. The number of carbonyl (C=O) groups is 2. The molecule has 1 aliphatic carbocycles. The minimum Gasteiger partial charge on any atom is -0.369 e. The van der Waals surface area contributed by atoms with Crippen LogP contribution < -0.4 is 16.4 Å². The van der Waals surface area contributed by atoms with Crippen molar-refractivity contribution >= 4 is 41.8 Å². The molecule has 0 bridgehead atoms. The molecule has 7 nitrogen and oxygen atoms in total. The van der Waals surface area contributed by atoms with Crippen molar-refractivity contribution in [2.45, 2.75) is 44.6 Å². The van der Waals surface area contributed by atoms with Gasteiger partial charge in [0.1, 0.15) is 5.82 Å². The Hall–Kier alpha value is -1.91. The van der Waals surface area contributed by atoms with Crippen molar-refractivity contribution in [1.29, 1.82) is 0 Å². The van der Waals surface area contributed by atoms with Crippen LogP contribution in [0.4, 0.5) is 4.39 Å². The second-order valence-electron chi connectivity index (χ2n) is 8.28. The number of amides is 2. The van der Waals surface area contributed by atoms with Gasteiger partial charge >= 0.3 is 0 Å². The zero-order chi connectivity index (χ0) is 21.5. The van der Waals surface area contributed by atoms with Crippen molar-refractivity contribution in [1.82, 2.24) is 15.5 Å². The molecule has 0 spiro atoms. The summed E-state index contributed by atoms with van der Waals surface area (Å²) in [6, 6.07) is 6.20. The molecule has 172 valence electrons. The van der Waals surface area contributed by atoms with Crippen molar-refractivity contribution in [2.24, 2.45) is 22.6 Å². The smallest absolute Gasteiger partial charge is 0.225 e. The number of carbonyl (C=O) groups excluding carboxylic acids is 2. The number of hydrogen-bond acceptors (Lipinski definition) is 3. The summed E-state index contributed by atoms with van der Waals surface area (Å²) in [4.78, 5) is 30.7. The molecular formula is C22H33FIN5O2. The molecule has 1 aliphatic heterocycles. The van der Waals surface area contributed by atoms with Gasteiger partial charge in [-0.25, -0.2) is 4.39 Å². The fourth-order valence-electron chi connectivity index (χ4n) is 4.30. The highest BCUT2D eigenvalue weighted by Crippen LogP contribution is 2.27. The van der Waals surface area contributed by atoms with Gasteiger partial charge in [0.2, 0.25) is 11.8 Å². The molecule has 2 fully saturated rings. The second kappa shape index (κ2) is 12.2. The minimum atomic E-state index is -0.446. The van der Waals surface area contributed by atoms with Gasteiger partial charge in [-0.3, -0.25) is 14.6 Å². The zero-order valence-electron chi connectivity index (χ0n) is 18.0. The van der Waals surface area contributed by atoms with Gasteiger partial charge in [-0.15, -0.1) is 24.0 Å². The molecule has 2 amide bonds. The lowest BCUT2D eigenvalue weighted by Crippen LogP contribution is -2.47. The number of benzene rings is 1. The molecule has 1 aromatic carbocycles. The first kappa shape index (κ1) is 25.4. The highest BCUT2D eigenvalue weighted by Gasteiger charge is 2.32. The molecule has 2 atom stereocenters. The predicted molar refractivity (Wildman–Crippen MR) is 130 cm³/mol. The molecule has 1 saturated carbocycles. The third-order valence-electron chi connectivity index (χ3n) is 6.08. The Bertz CT molecular complexity index is 768. The molecule has 9 heteroatoms. The maximum atomic E-state index is 13.1. The molecule has 2 unspecified atom stereocenters. The fourth-order valence-corrected chi connectivity index (χ4v) is 4.30. The molecule has 1 heterocycles. The predicted octanol–water partition coefficient (Wildman–Crippen LogP) is 2.04. The first-order valence-corrected chi connectivity index (χ1v) is 10.8. The minimum absolute atomic E-state index is 0. The van der Waals surface area contributed by atoms with Gasteiger partial charge in [-0.1, -0.05) is 25.0 Å². The topological polar surface area (TPSA) is 99.8 Å². The number of guanidine groups is 1. The standard InChI is InChI=1S/C22H32FN5O2.HI/c1-25-22(26-13-17(20(24)29)12-15-6-8-18(23)9-7-15)27-19-10-11-28(14-19)21(30)16-4-2-3-5-16;/h6-9,16-17,19H,2-5,10-14H2,1H3,(H2,24,29)(H2,25,26,27);1H. The number of nitrogens with zero attached hydrogens (tertiary/aromatic N) is 2. The van der Waals surface area contributed by atoms with Crippen LogP contribution in [0, 0.1) is 17.7 Å². The number of aliphatic imine (C=N–C) groups is 1. The lowest BCUT2D eigenvalue weighted by molar-refractivity contribution is -0.134. The quantitative estimate of drug-likeness (QED) is 0.278. The molecular weight excluding hydrogens is 512 g/mol. The van der Waals surface area contributed by atoms with E-state index in [2.05, 4.69) is 15.6 Å². The third-order valence-corrected chi connectivity index (χ3v) is 6.08. The molecule has 2 aliphatic rings. The molecule has 1 saturated heterocycles. The van der Waals surface area contributed by atoms with E-state index in [9.17, 15) is 14.0 Å². The zero-order valence-corrected chi connectivity index (χ0v) is 20.3. The SMILES string of the molecule is CN=C(NCC(Cc1ccc(F)cc1)C(N)=O)NC1CCN(C(=O)C2CCCC2)C1.I. The Morgan fingerprint density at radius 2 is 1.90 bits per heavy atom. The van der Waals surface area contributed by atoms with E-state index < -0.39 is 11.8 Å². The normalized spacial score (nSPS) is 20.3. The van der Waals surface area contributed by atoms with E-state index in [1.807, 2.05) is 4.90 Å². The Balaban J connectivity index is 0.00000341. The Labute approximate surface area is 200 Å². The van der Waals surface area contributed by atoms with Crippen LogP contribution in [-0.4, -0.2) is 55.4 Å². The number of primary amides is 1. The van der Waals surface area contributed by atoms with Gasteiger partial charge in [0, 0.05) is 38.6 Å². The number of halogens is 2. The largest absolute Gasteiger partial charge is 0.369 e. The number of rotatable bonds is 7. The summed E-state index contributed by atoms with van der Waals surface area (Å²) in [7, 11) is 1.67. The average molecular weight is 545 g/mol. The number of hydrogen-bond donors (Lipinski definition) is 3. The summed E-state index contributed by atoms with van der Waals surface area (Å²) >= 11 is 0. The van der Waals surface area contributed by atoms with E-state index in [1.54, 1.807) is 19.2 Å². The van der Waals surface area contributed by atoms with E-state index >= 15 is 0 Å². The van der Waals surface area contributed by atoms with Crippen LogP contribution in [0.2, 0.25) is 0 Å². The van der Waals surface area contributed by atoms with Gasteiger partial charge in [-0.2, -0.15) is 0 Å². The van der Waals surface area contributed by atoms with Crippen molar-refractivity contribution in [3.8, 4) is 0 Å². The van der Waals surface area contributed by atoms with Crippen molar-refractivity contribution in [3.05, 3.63) is 35.6 Å². The maximum Gasteiger partial charge on any atom is 0.225 e. The molecule has 4 N–H and O–H groups in total. The maximum absolute atomic E-state index is 13.1. The lowest BCUT2D eigenvalue weighted by atomic mass is 9.98. The highest BCUT2D eigenvalue weighted by atomic mass is 127. The second-order valence-corrected chi connectivity index (χ2v) is 8.28. The number of likely N-dealkylation sites (tertiary alicyclic amines) is 1. The summed E-state index contributed by atoms with van der Waals surface area (Å²) in [5.74, 6) is -0.110. The van der Waals surface area contributed by atoms with Crippen LogP contribution in [0.25, 0.3) is 0 Å². The first-order chi connectivity index (χ1) is 14.5. The Kier molecular flexibility index (Phi) is 9.98. The van der Waals surface area contributed by atoms with E-state index in [-0.39, 0.29) is 47.7 Å².